The van der Waals surface area contributed by atoms with Gasteiger partial charge in [0.2, 0.25) is 0 Å². The Morgan fingerprint density at radius 1 is 1.44 bits per heavy atom. The fraction of sp³-hybridized carbons (Fsp3) is 0.357. The van der Waals surface area contributed by atoms with E-state index in [1.165, 1.54) is 4.70 Å². The summed E-state index contributed by atoms with van der Waals surface area (Å²) in [5, 5.41) is 4.07. The summed E-state index contributed by atoms with van der Waals surface area (Å²) in [6.45, 7) is 1.77. The van der Waals surface area contributed by atoms with E-state index >= 15 is 0 Å². The Morgan fingerprint density at radius 3 is 3.06 bits per heavy atom. The van der Waals surface area contributed by atoms with Crippen molar-refractivity contribution in [2.24, 2.45) is 5.92 Å². The van der Waals surface area contributed by atoms with Gasteiger partial charge in [-0.05, 0) is 18.4 Å². The first-order chi connectivity index (χ1) is 8.79. The van der Waals surface area contributed by atoms with Gasteiger partial charge in [0.25, 0.3) is 5.91 Å². The fourth-order valence-corrected chi connectivity index (χ4v) is 3.92. The third kappa shape index (κ3) is 2.08. The average Bonchev–Trinajstić information content (AvgIpc) is 3.04. The molecule has 0 bridgehead atoms. The van der Waals surface area contributed by atoms with Gasteiger partial charge in [0, 0.05) is 33.9 Å². The van der Waals surface area contributed by atoms with E-state index in [0.29, 0.717) is 5.92 Å². The largest absolute Gasteiger partial charge is 0.338 e. The zero-order valence-electron chi connectivity index (χ0n) is 9.93. The van der Waals surface area contributed by atoms with E-state index in [1.807, 2.05) is 28.5 Å². The van der Waals surface area contributed by atoms with Gasteiger partial charge in [0.05, 0.1) is 5.56 Å². The van der Waals surface area contributed by atoms with Crippen LogP contribution in [0.15, 0.2) is 29.6 Å². The standard InChI is InChI=1S/C14H14BrNOS/c15-7-10-5-6-16(8-10)14(17)12-9-18-13-4-2-1-3-11(12)13/h1-4,9-10H,5-8H2. The van der Waals surface area contributed by atoms with Gasteiger partial charge in [0.1, 0.15) is 0 Å². The van der Waals surface area contributed by atoms with Gasteiger partial charge in [-0.15, -0.1) is 11.3 Å². The smallest absolute Gasteiger partial charge is 0.255 e. The Labute approximate surface area is 119 Å². The summed E-state index contributed by atoms with van der Waals surface area (Å²) in [7, 11) is 0. The van der Waals surface area contributed by atoms with Crippen molar-refractivity contribution >= 4 is 43.3 Å². The number of thiophene rings is 1. The lowest BCUT2D eigenvalue weighted by molar-refractivity contribution is 0.0791. The molecule has 1 fully saturated rings. The van der Waals surface area contributed by atoms with Crippen LogP contribution < -0.4 is 0 Å². The van der Waals surface area contributed by atoms with Crippen molar-refractivity contribution in [3.05, 3.63) is 35.2 Å². The molecule has 94 valence electrons. The molecule has 18 heavy (non-hydrogen) atoms. The van der Waals surface area contributed by atoms with Crippen LogP contribution in [0.25, 0.3) is 10.1 Å². The molecular formula is C14H14BrNOS. The van der Waals surface area contributed by atoms with Gasteiger partial charge < -0.3 is 4.90 Å². The van der Waals surface area contributed by atoms with Crippen LogP contribution >= 0.6 is 27.3 Å². The Morgan fingerprint density at radius 2 is 2.28 bits per heavy atom. The van der Waals surface area contributed by atoms with Crippen LogP contribution in [0.3, 0.4) is 0 Å². The molecule has 0 N–H and O–H groups in total. The quantitative estimate of drug-likeness (QED) is 0.770. The molecule has 4 heteroatoms. The molecule has 3 rings (SSSR count). The molecule has 1 aromatic carbocycles. The van der Waals surface area contributed by atoms with E-state index in [1.54, 1.807) is 11.3 Å². The number of rotatable bonds is 2. The molecular weight excluding hydrogens is 310 g/mol. The number of fused-ring (bicyclic) bond motifs is 1. The second kappa shape index (κ2) is 5.02. The Kier molecular flexibility index (Phi) is 3.39. The molecule has 1 amide bonds. The number of hydrogen-bond acceptors (Lipinski definition) is 2. The number of carbonyl (C=O) groups is 1. The monoisotopic (exact) mass is 323 g/mol. The van der Waals surface area contributed by atoms with E-state index < -0.39 is 0 Å². The topological polar surface area (TPSA) is 20.3 Å². The lowest BCUT2D eigenvalue weighted by Gasteiger charge is -2.15. The molecule has 2 aromatic rings. The molecule has 0 spiro atoms. The van der Waals surface area contributed by atoms with E-state index in [-0.39, 0.29) is 5.91 Å². The SMILES string of the molecule is O=C(c1csc2ccccc12)N1CCC(CBr)C1. The third-order valence-electron chi connectivity index (χ3n) is 3.50. The van der Waals surface area contributed by atoms with Crippen LogP contribution in [-0.2, 0) is 0 Å². The Balaban J connectivity index is 1.89. The highest BCUT2D eigenvalue weighted by Gasteiger charge is 2.27. The highest BCUT2D eigenvalue weighted by atomic mass is 79.9. The molecule has 0 radical (unpaired) electrons. The second-order valence-corrected chi connectivity index (χ2v) is 6.26. The van der Waals surface area contributed by atoms with Gasteiger partial charge in [-0.1, -0.05) is 34.1 Å². The van der Waals surface area contributed by atoms with Crippen LogP contribution in [0.4, 0.5) is 0 Å². The van der Waals surface area contributed by atoms with Crippen LogP contribution in [0.2, 0.25) is 0 Å². The molecule has 1 aliphatic heterocycles. The molecule has 2 heterocycles. The van der Waals surface area contributed by atoms with Crippen LogP contribution in [0, 0.1) is 5.92 Å². The lowest BCUT2D eigenvalue weighted by Crippen LogP contribution is -2.28. The fourth-order valence-electron chi connectivity index (χ4n) is 2.46. The van der Waals surface area contributed by atoms with Crippen molar-refractivity contribution in [2.45, 2.75) is 6.42 Å². The number of halogens is 1. The van der Waals surface area contributed by atoms with E-state index in [9.17, 15) is 4.79 Å². The van der Waals surface area contributed by atoms with Crippen LogP contribution in [0.1, 0.15) is 16.8 Å². The van der Waals surface area contributed by atoms with Gasteiger partial charge in [-0.2, -0.15) is 0 Å². The molecule has 1 atom stereocenters. The summed E-state index contributed by atoms with van der Waals surface area (Å²) in [5.74, 6) is 0.801. The van der Waals surface area contributed by atoms with Crippen LogP contribution in [0.5, 0.6) is 0 Å². The van der Waals surface area contributed by atoms with Gasteiger partial charge in [0.15, 0.2) is 0 Å². The molecule has 1 aromatic heterocycles. The summed E-state index contributed by atoms with van der Waals surface area (Å²) in [4.78, 5) is 14.5. The number of nitrogens with zero attached hydrogens (tertiary/aromatic N) is 1. The number of hydrogen-bond donors (Lipinski definition) is 0. The summed E-state index contributed by atoms with van der Waals surface area (Å²) in [6, 6.07) is 8.13. The maximum Gasteiger partial charge on any atom is 0.255 e. The van der Waals surface area contributed by atoms with E-state index in [4.69, 9.17) is 0 Å². The minimum atomic E-state index is 0.191. The molecule has 1 aliphatic rings. The van der Waals surface area contributed by atoms with Crippen LogP contribution in [-0.4, -0.2) is 29.2 Å². The van der Waals surface area contributed by atoms with Crippen molar-refractivity contribution in [2.75, 3.05) is 18.4 Å². The summed E-state index contributed by atoms with van der Waals surface area (Å²) >= 11 is 5.16. The highest BCUT2D eigenvalue weighted by molar-refractivity contribution is 9.09. The summed E-state index contributed by atoms with van der Waals surface area (Å²) in [6.07, 6.45) is 1.11. The minimum Gasteiger partial charge on any atom is -0.338 e. The molecule has 0 aliphatic carbocycles. The molecule has 2 nitrogen and oxygen atoms in total. The first-order valence-corrected chi connectivity index (χ1v) is 8.11. The van der Waals surface area contributed by atoms with Gasteiger partial charge in [-0.25, -0.2) is 0 Å². The number of benzene rings is 1. The van der Waals surface area contributed by atoms with Gasteiger partial charge >= 0.3 is 0 Å². The maximum absolute atomic E-state index is 12.5. The normalized spacial score (nSPS) is 19.6. The minimum absolute atomic E-state index is 0.191. The zero-order valence-corrected chi connectivity index (χ0v) is 12.3. The third-order valence-corrected chi connectivity index (χ3v) is 5.38. The van der Waals surface area contributed by atoms with Gasteiger partial charge in [-0.3, -0.25) is 4.79 Å². The van der Waals surface area contributed by atoms with Crippen molar-refractivity contribution in [1.82, 2.24) is 4.90 Å². The predicted molar refractivity (Wildman–Crippen MR) is 79.6 cm³/mol. The average molecular weight is 324 g/mol. The molecule has 1 saturated heterocycles. The molecule has 1 unspecified atom stereocenters. The second-order valence-electron chi connectivity index (χ2n) is 4.71. The summed E-state index contributed by atoms with van der Waals surface area (Å²) < 4.78 is 1.19. The van der Waals surface area contributed by atoms with Crippen molar-refractivity contribution in [1.29, 1.82) is 0 Å². The maximum atomic E-state index is 12.5. The highest BCUT2D eigenvalue weighted by Crippen LogP contribution is 2.28. The number of likely N-dealkylation sites (tertiary alicyclic amines) is 1. The predicted octanol–water partition coefficient (Wildman–Crippen LogP) is 3.76. The Bertz CT molecular complexity index is 580. The first kappa shape index (κ1) is 12.2. The molecule has 0 saturated carbocycles. The van der Waals surface area contributed by atoms with Crippen molar-refractivity contribution in [3.63, 3.8) is 0 Å². The number of alkyl halides is 1. The van der Waals surface area contributed by atoms with Crippen molar-refractivity contribution < 1.29 is 4.79 Å². The van der Waals surface area contributed by atoms with E-state index in [0.717, 1.165) is 35.8 Å². The lowest BCUT2D eigenvalue weighted by atomic mass is 10.1. The number of carbonyl (C=O) groups excluding carboxylic acids is 1. The number of amides is 1. The zero-order chi connectivity index (χ0) is 12.5. The van der Waals surface area contributed by atoms with Crippen molar-refractivity contribution in [3.8, 4) is 0 Å². The van der Waals surface area contributed by atoms with E-state index in [2.05, 4.69) is 22.0 Å². The Hall–Kier alpha value is -0.870. The summed E-state index contributed by atoms with van der Waals surface area (Å²) in [5.41, 5.74) is 0.867. The first-order valence-electron chi connectivity index (χ1n) is 6.11.